The molecule has 0 aliphatic carbocycles. The Kier molecular flexibility index (Phi) is 25.5. The number of carboxylic acid groups (broad SMARTS) is 1. The Labute approximate surface area is 638 Å². The molecule has 6 aliphatic heterocycles. The normalized spacial score (nSPS) is 21.9. The second-order valence-corrected chi connectivity index (χ2v) is 31.0. The third kappa shape index (κ3) is 20.1. The highest BCUT2D eigenvalue weighted by molar-refractivity contribution is 5.98. The lowest BCUT2D eigenvalue weighted by atomic mass is 9.85. The molecule has 0 spiro atoms. The fraction of sp³-hybridized carbons (Fsp3) is 0.432. The first kappa shape index (κ1) is 79.6. The van der Waals surface area contributed by atoms with Crippen molar-refractivity contribution in [3.05, 3.63) is 186 Å². The topological polar surface area (TPSA) is 380 Å². The molecule has 6 aliphatic rings. The molecule has 8 heterocycles. The molecule has 580 valence electrons. The van der Waals surface area contributed by atoms with Crippen LogP contribution in [0.3, 0.4) is 0 Å². The maximum absolute atomic E-state index is 15.4. The molecule has 6 aromatic carbocycles. The number of amides is 8. The molecular formula is C81H99N17O12. The van der Waals surface area contributed by atoms with Gasteiger partial charge in [-0.05, 0) is 136 Å². The van der Waals surface area contributed by atoms with Gasteiger partial charge in [0.1, 0.15) is 72.7 Å². The average Bonchev–Trinajstić information content (AvgIpc) is 1.61. The number of aromatic amines is 1. The number of likely N-dealkylation sites (N-methyl/N-ethyl adjacent to an activating group) is 2. The predicted molar refractivity (Wildman–Crippen MR) is 410 cm³/mol. The van der Waals surface area contributed by atoms with E-state index in [0.29, 0.717) is 34.7 Å². The van der Waals surface area contributed by atoms with Crippen LogP contribution in [0.2, 0.25) is 0 Å². The summed E-state index contributed by atoms with van der Waals surface area (Å²) >= 11 is 0. The summed E-state index contributed by atoms with van der Waals surface area (Å²) in [6.45, 7) is 14.4. The molecule has 14 rings (SSSR count). The van der Waals surface area contributed by atoms with Gasteiger partial charge in [-0.25, -0.2) is 14.6 Å². The minimum Gasteiger partial charge on any atom is -0.490 e. The molecule has 2 aromatic heterocycles. The number of hydrogen-bond donors (Lipinski definition) is 10. The number of allylic oxidation sites excluding steroid dienone is 1. The number of carboxylic acids is 1. The highest BCUT2D eigenvalue weighted by atomic mass is 16.5. The molecule has 8 aromatic rings. The summed E-state index contributed by atoms with van der Waals surface area (Å²) in [5.74, 6) is -4.98. The zero-order valence-electron chi connectivity index (χ0n) is 63.7. The van der Waals surface area contributed by atoms with Crippen LogP contribution in [-0.2, 0) is 75.4 Å². The Bertz CT molecular complexity index is 4630. The van der Waals surface area contributed by atoms with Crippen molar-refractivity contribution in [2.75, 3.05) is 33.8 Å². The van der Waals surface area contributed by atoms with Crippen LogP contribution in [0.4, 0.5) is 0 Å². The number of hydrogen-bond acceptors (Lipinski definition) is 18. The van der Waals surface area contributed by atoms with Crippen molar-refractivity contribution in [1.29, 1.82) is 0 Å². The van der Waals surface area contributed by atoms with E-state index in [-0.39, 0.29) is 76.6 Å². The number of aliphatic carboxylic acids is 1. The minimum atomic E-state index is -1.48. The van der Waals surface area contributed by atoms with Crippen molar-refractivity contribution in [1.82, 2.24) is 88.0 Å². The number of rotatable bonds is 14. The summed E-state index contributed by atoms with van der Waals surface area (Å²) < 4.78 is 14.0. The molecular weight excluding hydrogens is 1400 g/mol. The number of carbonyl (C=O) groups excluding carboxylic acids is 8. The number of aromatic nitrogens is 7. The molecule has 2 fully saturated rings. The third-order valence-corrected chi connectivity index (χ3v) is 20.7. The number of tetrazole rings is 1. The third-order valence-electron chi connectivity index (χ3n) is 20.7. The van der Waals surface area contributed by atoms with Crippen molar-refractivity contribution in [2.45, 2.75) is 173 Å². The van der Waals surface area contributed by atoms with Crippen molar-refractivity contribution in [3.63, 3.8) is 0 Å². The quantitative estimate of drug-likeness (QED) is 0.0616. The van der Waals surface area contributed by atoms with Gasteiger partial charge in [0.15, 0.2) is 5.82 Å². The van der Waals surface area contributed by atoms with Gasteiger partial charge in [0, 0.05) is 45.2 Å². The van der Waals surface area contributed by atoms with Gasteiger partial charge in [-0.15, -0.1) is 10.2 Å². The van der Waals surface area contributed by atoms with E-state index in [9.17, 15) is 24.3 Å². The zero-order chi connectivity index (χ0) is 78.6. The van der Waals surface area contributed by atoms with Crippen LogP contribution >= 0.6 is 0 Å². The smallest absolute Gasteiger partial charge is 0.326 e. The summed E-state index contributed by atoms with van der Waals surface area (Å²) in [5.41, 5.74) is 1.38. The lowest BCUT2D eigenvalue weighted by Gasteiger charge is -2.36. The molecule has 8 amide bonds. The fourth-order valence-electron chi connectivity index (χ4n) is 14.1. The second-order valence-electron chi connectivity index (χ2n) is 31.0. The molecule has 10 bridgehead atoms. The first-order chi connectivity index (χ1) is 52.6. The van der Waals surface area contributed by atoms with E-state index in [0.717, 1.165) is 32.7 Å². The Morgan fingerprint density at radius 1 is 0.582 bits per heavy atom. The van der Waals surface area contributed by atoms with Gasteiger partial charge < -0.3 is 66.9 Å². The Balaban J connectivity index is 0.914. The number of nitrogens with one attached hydrogen (secondary N) is 9. The molecule has 2 saturated heterocycles. The maximum Gasteiger partial charge on any atom is 0.326 e. The lowest BCUT2D eigenvalue weighted by Crippen LogP contribution is -2.60. The fourth-order valence-corrected chi connectivity index (χ4v) is 14.1. The van der Waals surface area contributed by atoms with E-state index in [1.54, 1.807) is 75.2 Å². The van der Waals surface area contributed by atoms with Crippen LogP contribution in [-0.4, -0.2) is 192 Å². The first-order valence-electron chi connectivity index (χ1n) is 37.3. The number of carbonyl (C=O) groups is 9. The Hall–Kier alpha value is -11.5. The Morgan fingerprint density at radius 3 is 1.61 bits per heavy atom. The number of nitrogens with zero attached hydrogens (tertiary/aromatic N) is 8. The number of likely N-dealkylation sites (tertiary alicyclic amines) is 2. The van der Waals surface area contributed by atoms with E-state index < -0.39 is 131 Å². The van der Waals surface area contributed by atoms with E-state index in [4.69, 9.17) is 9.47 Å². The zero-order valence-corrected chi connectivity index (χ0v) is 63.7. The van der Waals surface area contributed by atoms with E-state index in [2.05, 4.69) is 73.5 Å². The number of ether oxygens (including phenoxy) is 2. The molecule has 29 heteroatoms. The number of benzene rings is 6. The Morgan fingerprint density at radius 2 is 1.09 bits per heavy atom. The standard InChI is InChI=1S/C81H99N17O12/c1-47(82-9)71(99)88-68(80(3,4)5)77(105)96-43-53-17-15-16-34-109-60-30-24-49(25-31-60)37-62(70-91-93-94-92-70)84-73(101)63(39-51-22-28-54-18-11-13-20-56(54)35-51)86-76(104)67-42-59(45-97(67)78(106)69(81(6,7)8)89-72(100)48(2)83-10)98-44-58(90-95-98)46-110-61-32-26-50(27-33-61)38-65(79(107)108)87-74(102)64(85-75(103)66(96)41-53)40-52-23-29-55-19-12-14-21-57(55)36-52/h11-16,18-33,35-36,44,47-48,53,59,62-69,82-83H,17,34,37-43,45-46H2,1-10H3,(H,84,101)(H,85,103)(H,86,104)(H,87,102)(H,88,99)(H,89,100)(H,107,108)(H,91,92,93,94). The molecule has 110 heavy (non-hydrogen) atoms. The second kappa shape index (κ2) is 35.3. The summed E-state index contributed by atoms with van der Waals surface area (Å²) in [7, 11) is 3.27. The molecule has 10 N–H and O–H groups in total. The molecule has 12 atom stereocenters. The van der Waals surface area contributed by atoms with Crippen LogP contribution < -0.4 is 52.0 Å². The van der Waals surface area contributed by atoms with E-state index >= 15 is 24.0 Å². The SMILES string of the molecule is CNC(C)C(=O)NC(C(=O)N1CC2CC=CCOc3ccc(cc3)CC(c3nnn[nH]3)NC(=O)C(Cc3ccc4ccccc4c3)NC(=O)C3CC(CN3C(=O)C(NC(=O)C(C)NC)C(C)(C)C)n3cc(nn3)COc3ccc(cc3)CC(C(=O)O)NC(=O)C(Cc3ccc4ccccc4c3)NC(=O)C1C2)C(C)(C)C. The van der Waals surface area contributed by atoms with Crippen molar-refractivity contribution >= 4 is 74.8 Å². The van der Waals surface area contributed by atoms with Crippen molar-refractivity contribution < 1.29 is 57.7 Å². The molecule has 0 saturated carbocycles. The van der Waals surface area contributed by atoms with Gasteiger partial charge in [-0.2, -0.15) is 0 Å². The highest BCUT2D eigenvalue weighted by Crippen LogP contribution is 2.34. The minimum absolute atomic E-state index is 0.0188. The molecule has 12 unspecified atom stereocenters. The van der Waals surface area contributed by atoms with Gasteiger partial charge in [0.25, 0.3) is 0 Å². The number of fused-ring (bicyclic) bond motifs is 2. The largest absolute Gasteiger partial charge is 0.490 e. The summed E-state index contributed by atoms with van der Waals surface area (Å²) in [6.07, 6.45) is 5.98. The van der Waals surface area contributed by atoms with E-state index in [1.807, 2.05) is 151 Å². The van der Waals surface area contributed by atoms with Crippen LogP contribution in [0, 0.1) is 16.7 Å². The monoisotopic (exact) mass is 1500 g/mol. The lowest BCUT2D eigenvalue weighted by molar-refractivity contribution is -0.145. The number of H-pyrrole nitrogens is 1. The summed E-state index contributed by atoms with van der Waals surface area (Å²) in [6, 6.07) is 29.4. The van der Waals surface area contributed by atoms with Crippen molar-refractivity contribution in [2.24, 2.45) is 16.7 Å². The van der Waals surface area contributed by atoms with Crippen molar-refractivity contribution in [3.8, 4) is 11.5 Å². The first-order valence-corrected chi connectivity index (χ1v) is 37.3. The summed E-state index contributed by atoms with van der Waals surface area (Å²) in [4.78, 5) is 134. The van der Waals surface area contributed by atoms with Gasteiger partial charge in [-0.1, -0.05) is 168 Å². The maximum atomic E-state index is 15.4. The molecule has 0 radical (unpaired) electrons. The van der Waals surface area contributed by atoms with Crippen LogP contribution in [0.25, 0.3) is 21.5 Å². The average molecular weight is 1500 g/mol. The van der Waals surface area contributed by atoms with Crippen LogP contribution in [0.15, 0.2) is 152 Å². The van der Waals surface area contributed by atoms with Gasteiger partial charge in [0.2, 0.25) is 47.3 Å². The highest BCUT2D eigenvalue weighted by Gasteiger charge is 2.48. The van der Waals surface area contributed by atoms with Gasteiger partial charge in [-0.3, -0.25) is 38.4 Å². The van der Waals surface area contributed by atoms with Crippen LogP contribution in [0.5, 0.6) is 11.5 Å². The van der Waals surface area contributed by atoms with Gasteiger partial charge >= 0.3 is 5.97 Å². The summed E-state index contributed by atoms with van der Waals surface area (Å²) in [5, 5.41) is 61.7. The van der Waals surface area contributed by atoms with Crippen LogP contribution in [0.1, 0.15) is 121 Å². The predicted octanol–water partition coefficient (Wildman–Crippen LogP) is 5.32. The van der Waals surface area contributed by atoms with Gasteiger partial charge in [0.05, 0.1) is 30.4 Å². The van der Waals surface area contributed by atoms with E-state index in [1.165, 1.54) is 9.80 Å². The molecule has 29 nitrogen and oxygen atoms in total.